The highest BCUT2D eigenvalue weighted by atomic mass is 16.3. The highest BCUT2D eigenvalue weighted by Gasteiger charge is 2.16. The first kappa shape index (κ1) is 25.8. The van der Waals surface area contributed by atoms with Gasteiger partial charge in [-0.1, -0.05) is 104 Å². The largest absolute Gasteiger partial charge is 0.456 e. The molecule has 0 saturated heterocycles. The summed E-state index contributed by atoms with van der Waals surface area (Å²) in [6, 6.07) is 39.5. The molecule has 8 rings (SSSR count). The van der Waals surface area contributed by atoms with Gasteiger partial charge < -0.3 is 4.42 Å². The normalized spacial score (nSPS) is 11.8. The molecule has 2 heterocycles. The third kappa shape index (κ3) is 4.36. The van der Waals surface area contributed by atoms with Crippen molar-refractivity contribution in [3.8, 4) is 34.2 Å². The number of hydrogen-bond donors (Lipinski definition) is 0. The summed E-state index contributed by atoms with van der Waals surface area (Å²) in [5, 5.41) is 6.68. The maximum atomic E-state index is 6.26. The zero-order valence-corrected chi connectivity index (χ0v) is 24.2. The van der Waals surface area contributed by atoms with Crippen LogP contribution in [0.25, 0.3) is 89.8 Å². The Balaban J connectivity index is 1.31. The van der Waals surface area contributed by atoms with E-state index in [0.29, 0.717) is 17.5 Å². The summed E-state index contributed by atoms with van der Waals surface area (Å²) in [5.41, 5.74) is 6.72. The first-order valence-corrected chi connectivity index (χ1v) is 14.7. The SMILES string of the molecule is C=Cc1c(/C=C\C)ccc2cc(-c3nc(-c4ccccc4)nc(-c4ccc5oc6cc7ccccc7cc6c5c4)n3)ccc12. The Morgan fingerprint density at radius 2 is 1.20 bits per heavy atom. The molecule has 0 atom stereocenters. The first-order chi connectivity index (χ1) is 21.7. The van der Waals surface area contributed by atoms with Crippen molar-refractivity contribution in [2.75, 3.05) is 0 Å². The molecular formula is C40H27N3O. The van der Waals surface area contributed by atoms with Crippen LogP contribution in [0.3, 0.4) is 0 Å². The Bertz CT molecular complexity index is 2420. The summed E-state index contributed by atoms with van der Waals surface area (Å²) >= 11 is 0. The molecule has 208 valence electrons. The van der Waals surface area contributed by atoms with Crippen molar-refractivity contribution >= 4 is 55.6 Å². The summed E-state index contributed by atoms with van der Waals surface area (Å²) in [7, 11) is 0. The summed E-state index contributed by atoms with van der Waals surface area (Å²) in [5.74, 6) is 1.86. The van der Waals surface area contributed by atoms with Gasteiger partial charge in [0.1, 0.15) is 11.2 Å². The average Bonchev–Trinajstić information content (AvgIpc) is 3.43. The van der Waals surface area contributed by atoms with Gasteiger partial charge in [-0.05, 0) is 76.0 Å². The molecule has 0 N–H and O–H groups in total. The number of furan rings is 1. The highest BCUT2D eigenvalue weighted by Crippen LogP contribution is 2.35. The Morgan fingerprint density at radius 3 is 1.95 bits per heavy atom. The van der Waals surface area contributed by atoms with E-state index in [1.807, 2.05) is 67.6 Å². The fraction of sp³-hybridized carbons (Fsp3) is 0.0250. The molecule has 4 nitrogen and oxygen atoms in total. The van der Waals surface area contributed by atoms with E-state index in [1.165, 1.54) is 5.39 Å². The standard InChI is InChI=1S/C40H27N3O/c1-3-10-25-15-16-29-21-30(17-19-33(29)32(25)4-2)39-41-38(26-11-6-5-7-12-26)42-40(43-39)31-18-20-36-34(23-31)35-22-27-13-8-9-14-28(27)24-37(35)44-36/h3-24H,2H2,1H3/b10-3-. The monoisotopic (exact) mass is 565 g/mol. The van der Waals surface area contributed by atoms with E-state index in [-0.39, 0.29) is 0 Å². The number of hydrogen-bond acceptors (Lipinski definition) is 4. The summed E-state index contributed by atoms with van der Waals surface area (Å²) in [4.78, 5) is 15.0. The highest BCUT2D eigenvalue weighted by molar-refractivity contribution is 6.11. The summed E-state index contributed by atoms with van der Waals surface area (Å²) in [6.07, 6.45) is 6.08. The van der Waals surface area contributed by atoms with Gasteiger partial charge >= 0.3 is 0 Å². The number of aromatic nitrogens is 3. The molecule has 0 unspecified atom stereocenters. The third-order valence-electron chi connectivity index (χ3n) is 8.17. The van der Waals surface area contributed by atoms with Gasteiger partial charge in [0, 0.05) is 27.5 Å². The lowest BCUT2D eigenvalue weighted by Gasteiger charge is -2.11. The van der Waals surface area contributed by atoms with Crippen LogP contribution in [0.4, 0.5) is 0 Å². The van der Waals surface area contributed by atoms with Crippen LogP contribution in [0.15, 0.2) is 132 Å². The molecule has 0 amide bonds. The van der Waals surface area contributed by atoms with E-state index >= 15 is 0 Å². The molecule has 8 aromatic rings. The Labute approximate surface area is 254 Å². The second-order valence-corrected chi connectivity index (χ2v) is 10.9. The Morgan fingerprint density at radius 1 is 0.545 bits per heavy atom. The van der Waals surface area contributed by atoms with Crippen LogP contribution >= 0.6 is 0 Å². The number of allylic oxidation sites excluding steroid dienone is 1. The predicted octanol–water partition coefficient (Wildman–Crippen LogP) is 10.8. The van der Waals surface area contributed by atoms with Crippen LogP contribution in [-0.2, 0) is 0 Å². The number of rotatable bonds is 5. The molecule has 2 aromatic heterocycles. The van der Waals surface area contributed by atoms with Gasteiger partial charge in [0.25, 0.3) is 0 Å². The lowest BCUT2D eigenvalue weighted by Crippen LogP contribution is -2.00. The summed E-state index contributed by atoms with van der Waals surface area (Å²) in [6.45, 7) is 6.10. The fourth-order valence-corrected chi connectivity index (χ4v) is 6.01. The quantitative estimate of drug-likeness (QED) is 0.208. The van der Waals surface area contributed by atoms with Crippen LogP contribution in [0.1, 0.15) is 18.1 Å². The molecule has 0 saturated carbocycles. The van der Waals surface area contributed by atoms with Crippen LogP contribution in [0.5, 0.6) is 0 Å². The number of fused-ring (bicyclic) bond motifs is 5. The molecule has 0 aliphatic carbocycles. The van der Waals surface area contributed by atoms with E-state index in [1.54, 1.807) is 0 Å². The Kier molecular flexibility index (Phi) is 6.13. The van der Waals surface area contributed by atoms with Crippen LogP contribution in [0, 0.1) is 0 Å². The van der Waals surface area contributed by atoms with Crippen LogP contribution in [0.2, 0.25) is 0 Å². The second-order valence-electron chi connectivity index (χ2n) is 10.9. The molecule has 0 aliphatic rings. The number of benzene rings is 6. The lowest BCUT2D eigenvalue weighted by atomic mass is 9.97. The molecular weight excluding hydrogens is 538 g/mol. The lowest BCUT2D eigenvalue weighted by molar-refractivity contribution is 0.669. The van der Waals surface area contributed by atoms with Crippen molar-refractivity contribution in [3.05, 3.63) is 139 Å². The molecule has 4 heteroatoms. The zero-order chi connectivity index (χ0) is 29.6. The van der Waals surface area contributed by atoms with Gasteiger partial charge in [-0.15, -0.1) is 0 Å². The predicted molar refractivity (Wildman–Crippen MR) is 183 cm³/mol. The topological polar surface area (TPSA) is 51.8 Å². The fourth-order valence-electron chi connectivity index (χ4n) is 6.01. The average molecular weight is 566 g/mol. The third-order valence-corrected chi connectivity index (χ3v) is 8.17. The van der Waals surface area contributed by atoms with E-state index in [2.05, 4.69) is 79.4 Å². The van der Waals surface area contributed by atoms with E-state index in [0.717, 1.165) is 65.9 Å². The minimum Gasteiger partial charge on any atom is -0.456 e. The summed E-state index contributed by atoms with van der Waals surface area (Å²) < 4.78 is 6.26. The Hall–Kier alpha value is -5.87. The second kappa shape index (κ2) is 10.4. The molecule has 0 aliphatic heterocycles. The molecule has 0 fully saturated rings. The molecule has 6 aromatic carbocycles. The van der Waals surface area contributed by atoms with Crippen molar-refractivity contribution in [2.24, 2.45) is 0 Å². The maximum absolute atomic E-state index is 6.26. The van der Waals surface area contributed by atoms with Crippen molar-refractivity contribution in [1.29, 1.82) is 0 Å². The van der Waals surface area contributed by atoms with Gasteiger partial charge in [0.2, 0.25) is 0 Å². The minimum atomic E-state index is 0.612. The van der Waals surface area contributed by atoms with Crippen molar-refractivity contribution in [3.63, 3.8) is 0 Å². The van der Waals surface area contributed by atoms with Crippen molar-refractivity contribution in [1.82, 2.24) is 15.0 Å². The van der Waals surface area contributed by atoms with Gasteiger partial charge in [-0.3, -0.25) is 0 Å². The van der Waals surface area contributed by atoms with Gasteiger partial charge in [-0.25, -0.2) is 15.0 Å². The zero-order valence-electron chi connectivity index (χ0n) is 24.2. The number of nitrogens with zero attached hydrogens (tertiary/aromatic N) is 3. The van der Waals surface area contributed by atoms with Crippen molar-refractivity contribution in [2.45, 2.75) is 6.92 Å². The molecule has 44 heavy (non-hydrogen) atoms. The molecule has 0 bridgehead atoms. The maximum Gasteiger partial charge on any atom is 0.164 e. The smallest absolute Gasteiger partial charge is 0.164 e. The van der Waals surface area contributed by atoms with Crippen molar-refractivity contribution < 1.29 is 4.42 Å². The van der Waals surface area contributed by atoms with E-state index in [4.69, 9.17) is 19.4 Å². The minimum absolute atomic E-state index is 0.612. The van der Waals surface area contributed by atoms with Gasteiger partial charge in [0.05, 0.1) is 0 Å². The molecule has 0 radical (unpaired) electrons. The van der Waals surface area contributed by atoms with Gasteiger partial charge in [0.15, 0.2) is 17.5 Å². The first-order valence-electron chi connectivity index (χ1n) is 14.7. The van der Waals surface area contributed by atoms with E-state index in [9.17, 15) is 0 Å². The van der Waals surface area contributed by atoms with Crippen LogP contribution < -0.4 is 0 Å². The molecule has 0 spiro atoms. The van der Waals surface area contributed by atoms with E-state index < -0.39 is 0 Å². The van der Waals surface area contributed by atoms with Crippen LogP contribution in [-0.4, -0.2) is 15.0 Å². The van der Waals surface area contributed by atoms with Gasteiger partial charge in [-0.2, -0.15) is 0 Å².